The molecule has 2 aliphatic rings. The molecule has 0 saturated carbocycles. The summed E-state index contributed by atoms with van der Waals surface area (Å²) in [5, 5.41) is 22.4. The van der Waals surface area contributed by atoms with E-state index < -0.39 is 11.6 Å². The first-order chi connectivity index (χ1) is 15.7. The summed E-state index contributed by atoms with van der Waals surface area (Å²) < 4.78 is 6.67. The molecule has 0 radical (unpaired) electrons. The van der Waals surface area contributed by atoms with Crippen molar-refractivity contribution in [1.29, 1.82) is 0 Å². The van der Waals surface area contributed by atoms with Crippen molar-refractivity contribution in [1.82, 2.24) is 14.5 Å². The molecule has 2 N–H and O–H groups in total. The van der Waals surface area contributed by atoms with Gasteiger partial charge in [0, 0.05) is 30.6 Å². The Bertz CT molecular complexity index is 1440. The van der Waals surface area contributed by atoms with Gasteiger partial charge < -0.3 is 24.4 Å². The zero-order valence-corrected chi connectivity index (χ0v) is 18.8. The van der Waals surface area contributed by atoms with Crippen LogP contribution in [-0.2, 0) is 28.3 Å². The Balaban J connectivity index is 1.70. The van der Waals surface area contributed by atoms with Gasteiger partial charge in [-0.25, -0.2) is 14.8 Å². The number of phenols is 1. The number of carbonyl (C=O) groups excluding carboxylic acids is 1. The third-order valence-corrected chi connectivity index (χ3v) is 6.57. The predicted molar refractivity (Wildman–Crippen MR) is 123 cm³/mol. The van der Waals surface area contributed by atoms with Gasteiger partial charge >= 0.3 is 5.97 Å². The minimum absolute atomic E-state index is 0.0194. The molecule has 0 spiro atoms. The third-order valence-electron chi connectivity index (χ3n) is 6.57. The summed E-state index contributed by atoms with van der Waals surface area (Å²) in [5.74, 6) is 0.00648. The number of nitrogens with zero attached hydrogens (tertiary/aromatic N) is 4. The second-order valence-electron chi connectivity index (χ2n) is 8.65. The van der Waals surface area contributed by atoms with E-state index in [-0.39, 0.29) is 42.0 Å². The van der Waals surface area contributed by atoms with Crippen molar-refractivity contribution in [3.63, 3.8) is 0 Å². The lowest BCUT2D eigenvalue weighted by atomic mass is 9.86. The zero-order valence-electron chi connectivity index (χ0n) is 18.8. The maximum absolute atomic E-state index is 13.2. The number of aromatic hydroxyl groups is 1. The summed E-state index contributed by atoms with van der Waals surface area (Å²) in [6.45, 7) is 3.61. The van der Waals surface area contributed by atoms with Crippen molar-refractivity contribution in [2.75, 3.05) is 14.1 Å². The van der Waals surface area contributed by atoms with Gasteiger partial charge in [-0.3, -0.25) is 4.79 Å². The van der Waals surface area contributed by atoms with Crippen LogP contribution in [0, 0.1) is 0 Å². The highest BCUT2D eigenvalue weighted by Gasteiger charge is 2.45. The lowest BCUT2D eigenvalue weighted by Crippen LogP contribution is -2.44. The summed E-state index contributed by atoms with van der Waals surface area (Å²) >= 11 is 0. The topological polar surface area (TPSA) is 117 Å². The van der Waals surface area contributed by atoms with Gasteiger partial charge in [0.25, 0.3) is 5.56 Å². The van der Waals surface area contributed by atoms with Crippen molar-refractivity contribution in [3.05, 3.63) is 51.3 Å². The van der Waals surface area contributed by atoms with Crippen LogP contribution in [0.1, 0.15) is 37.0 Å². The molecule has 3 aromatic rings. The average molecular weight is 448 g/mol. The fraction of sp³-hybridized carbons (Fsp3) is 0.333. The maximum atomic E-state index is 13.2. The monoisotopic (exact) mass is 448 g/mol. The molecule has 0 aliphatic carbocycles. The number of cyclic esters (lactones) is 1. The predicted octanol–water partition coefficient (Wildman–Crippen LogP) is 2.40. The van der Waals surface area contributed by atoms with Crippen LogP contribution in [0.4, 0.5) is 5.69 Å². The Labute approximate surface area is 189 Å². The first-order valence-electron chi connectivity index (χ1n) is 10.7. The van der Waals surface area contributed by atoms with Gasteiger partial charge in [-0.2, -0.15) is 0 Å². The van der Waals surface area contributed by atoms with Crippen LogP contribution in [0.3, 0.4) is 0 Å². The van der Waals surface area contributed by atoms with E-state index in [4.69, 9.17) is 9.72 Å². The van der Waals surface area contributed by atoms with Crippen molar-refractivity contribution < 1.29 is 19.7 Å². The molecule has 33 heavy (non-hydrogen) atoms. The van der Waals surface area contributed by atoms with Crippen molar-refractivity contribution in [3.8, 4) is 17.1 Å². The smallest absolute Gasteiger partial charge is 0.343 e. The number of fused-ring (bicyclic) bond motifs is 5. The number of hydrogen-bond donors (Lipinski definition) is 2. The maximum Gasteiger partial charge on any atom is 0.343 e. The van der Waals surface area contributed by atoms with Gasteiger partial charge in [0.1, 0.15) is 18.1 Å². The number of aliphatic imine (C=N–C) groups is 1. The molecule has 0 fully saturated rings. The normalized spacial score (nSPS) is 19.2. The standard InChI is InChI=1S/C24H24N4O5/c1-5-24(32)16-9-19-20-13(10-28(19)22(30)15(16)11-33-23(24)31)8-14-17(26-20)6-7-18(21(14)29)25-12(2)27(3)4/h6-9,29,32H,5,10-11H2,1-4H3/t24-/m0/s1. The van der Waals surface area contributed by atoms with Crippen LogP contribution in [0.5, 0.6) is 5.75 Å². The molecule has 0 saturated heterocycles. The molecule has 2 aliphatic heterocycles. The largest absolute Gasteiger partial charge is 0.505 e. The SMILES string of the molecule is CC[C@@]1(O)C(=O)OCc2c1cc1n(c2=O)Cc2cc3c(O)c(N=C(C)N(C)C)ccc3nc2-1. The zero-order chi connectivity index (χ0) is 23.7. The number of carbonyl (C=O) groups is 1. The Hall–Kier alpha value is -3.72. The summed E-state index contributed by atoms with van der Waals surface area (Å²) in [7, 11) is 3.75. The van der Waals surface area contributed by atoms with Crippen molar-refractivity contribution in [2.45, 2.75) is 39.0 Å². The lowest BCUT2D eigenvalue weighted by Gasteiger charge is -2.31. The van der Waals surface area contributed by atoms with E-state index in [2.05, 4.69) is 4.99 Å². The van der Waals surface area contributed by atoms with Crippen LogP contribution in [-0.4, -0.2) is 50.6 Å². The summed E-state index contributed by atoms with van der Waals surface area (Å²) in [5.41, 5.74) is 1.23. The third kappa shape index (κ3) is 2.96. The Kier molecular flexibility index (Phi) is 4.58. The number of phenolic OH excluding ortho intramolecular Hbond substituents is 1. The molecule has 9 nitrogen and oxygen atoms in total. The van der Waals surface area contributed by atoms with E-state index in [1.54, 1.807) is 29.7 Å². The summed E-state index contributed by atoms with van der Waals surface area (Å²) in [6, 6.07) is 6.96. The molecule has 1 atom stereocenters. The van der Waals surface area contributed by atoms with Crippen LogP contribution < -0.4 is 5.56 Å². The minimum Gasteiger partial charge on any atom is -0.505 e. The quantitative estimate of drug-likeness (QED) is 0.275. The van der Waals surface area contributed by atoms with Crippen LogP contribution in [0.25, 0.3) is 22.3 Å². The molecule has 0 unspecified atom stereocenters. The average Bonchev–Trinajstić information content (AvgIpc) is 3.15. The van der Waals surface area contributed by atoms with Gasteiger partial charge in [0.15, 0.2) is 11.4 Å². The van der Waals surface area contributed by atoms with E-state index in [1.807, 2.05) is 32.0 Å². The highest BCUT2D eigenvalue weighted by Crippen LogP contribution is 2.41. The highest BCUT2D eigenvalue weighted by atomic mass is 16.6. The summed E-state index contributed by atoms with van der Waals surface area (Å²) in [4.78, 5) is 36.6. The molecule has 0 amide bonds. The number of aliphatic hydroxyl groups is 1. The summed E-state index contributed by atoms with van der Waals surface area (Å²) in [6.07, 6.45) is 0.0866. The lowest BCUT2D eigenvalue weighted by molar-refractivity contribution is -0.172. The molecular weight excluding hydrogens is 424 g/mol. The van der Waals surface area contributed by atoms with Gasteiger partial charge in [0.05, 0.1) is 29.0 Å². The molecule has 4 heterocycles. The number of esters is 1. The molecule has 2 aromatic heterocycles. The molecule has 1 aromatic carbocycles. The van der Waals surface area contributed by atoms with Crippen molar-refractivity contribution >= 4 is 28.4 Å². The number of ether oxygens (including phenoxy) is 1. The van der Waals surface area contributed by atoms with E-state index >= 15 is 0 Å². The Morgan fingerprint density at radius 2 is 2.06 bits per heavy atom. The second kappa shape index (κ2) is 7.14. The van der Waals surface area contributed by atoms with Crippen LogP contribution in [0.15, 0.2) is 34.1 Å². The first-order valence-corrected chi connectivity index (χ1v) is 10.7. The van der Waals surface area contributed by atoms with E-state index in [1.165, 1.54) is 0 Å². The number of aromatic nitrogens is 2. The number of benzene rings is 1. The molecule has 170 valence electrons. The first kappa shape index (κ1) is 21.1. The number of rotatable bonds is 2. The van der Waals surface area contributed by atoms with Gasteiger partial charge in [-0.1, -0.05) is 6.92 Å². The number of pyridine rings is 2. The number of hydrogen-bond acceptors (Lipinski definition) is 7. The van der Waals surface area contributed by atoms with Crippen molar-refractivity contribution in [2.24, 2.45) is 4.99 Å². The van der Waals surface area contributed by atoms with Gasteiger partial charge in [0.2, 0.25) is 0 Å². The second-order valence-corrected chi connectivity index (χ2v) is 8.65. The number of amidine groups is 1. The molecule has 5 rings (SSSR count). The molecule has 0 bridgehead atoms. The minimum atomic E-state index is -1.86. The fourth-order valence-electron chi connectivity index (χ4n) is 4.39. The van der Waals surface area contributed by atoms with Gasteiger partial charge in [-0.05, 0) is 37.6 Å². The van der Waals surface area contributed by atoms with Gasteiger partial charge in [-0.15, -0.1) is 0 Å². The van der Waals surface area contributed by atoms with E-state index in [0.717, 1.165) is 11.4 Å². The van der Waals surface area contributed by atoms with Crippen LogP contribution >= 0.6 is 0 Å². The highest BCUT2D eigenvalue weighted by molar-refractivity contribution is 5.94. The Morgan fingerprint density at radius 1 is 1.30 bits per heavy atom. The van der Waals surface area contributed by atoms with E-state index in [9.17, 15) is 19.8 Å². The molecular formula is C24H24N4O5. The van der Waals surface area contributed by atoms with Crippen LogP contribution in [0.2, 0.25) is 0 Å². The van der Waals surface area contributed by atoms with E-state index in [0.29, 0.717) is 28.0 Å². The molecule has 9 heteroatoms. The Morgan fingerprint density at radius 3 is 2.76 bits per heavy atom. The fourth-order valence-corrected chi connectivity index (χ4v) is 4.39.